The highest BCUT2D eigenvalue weighted by Crippen LogP contribution is 2.37. The zero-order chi connectivity index (χ0) is 17.5. The summed E-state index contributed by atoms with van der Waals surface area (Å²) in [5.41, 5.74) is 6.30. The molecule has 126 valence electrons. The highest BCUT2D eigenvalue weighted by atomic mass is 32.2. The van der Waals surface area contributed by atoms with Crippen LogP contribution in [-0.4, -0.2) is 14.7 Å². The molecule has 4 aromatic rings. The third-order valence-corrected chi connectivity index (χ3v) is 5.21. The lowest BCUT2D eigenvalue weighted by molar-refractivity contribution is 0.926. The van der Waals surface area contributed by atoms with Gasteiger partial charge in [-0.05, 0) is 55.1 Å². The summed E-state index contributed by atoms with van der Waals surface area (Å²) in [6, 6.07) is 24.7. The van der Waals surface area contributed by atoms with Crippen LogP contribution in [-0.2, 0) is 0 Å². The molecular weight excluding hydrogens is 340 g/mol. The zero-order valence-corrected chi connectivity index (χ0v) is 15.0. The van der Waals surface area contributed by atoms with Gasteiger partial charge >= 0.3 is 0 Å². The Bertz CT molecular complexity index is 1140. The molecule has 26 heavy (non-hydrogen) atoms. The number of hydrogen-bond donors (Lipinski definition) is 1. The van der Waals surface area contributed by atoms with Gasteiger partial charge in [0, 0.05) is 5.69 Å². The fourth-order valence-corrected chi connectivity index (χ4v) is 4.00. The average Bonchev–Trinajstić information content (AvgIpc) is 2.94. The second-order valence-electron chi connectivity index (χ2n) is 6.22. The van der Waals surface area contributed by atoms with Gasteiger partial charge < -0.3 is 5.32 Å². The molecule has 4 nitrogen and oxygen atoms in total. The van der Waals surface area contributed by atoms with Crippen molar-refractivity contribution in [2.75, 3.05) is 5.32 Å². The van der Waals surface area contributed by atoms with Crippen molar-refractivity contribution in [1.29, 1.82) is 0 Å². The van der Waals surface area contributed by atoms with Crippen LogP contribution < -0.4 is 5.32 Å². The van der Waals surface area contributed by atoms with E-state index in [9.17, 15) is 0 Å². The van der Waals surface area contributed by atoms with Crippen molar-refractivity contribution >= 4 is 39.3 Å². The number of benzene rings is 3. The average molecular weight is 356 g/mol. The zero-order valence-electron chi connectivity index (χ0n) is 14.2. The minimum absolute atomic E-state index is 0.815. The predicted octanol–water partition coefficient (Wildman–Crippen LogP) is 5.54. The Kier molecular flexibility index (Phi) is 3.53. The molecule has 0 saturated carbocycles. The molecule has 5 rings (SSSR count). The molecule has 0 saturated heterocycles. The number of fused-ring (bicyclic) bond motifs is 5. The molecule has 1 aliphatic rings. The number of anilines is 1. The van der Waals surface area contributed by atoms with Crippen molar-refractivity contribution in [3.63, 3.8) is 0 Å². The summed E-state index contributed by atoms with van der Waals surface area (Å²) < 4.78 is 2.18. The van der Waals surface area contributed by atoms with Crippen molar-refractivity contribution in [3.05, 3.63) is 78.4 Å². The number of aromatic nitrogens is 2. The first kappa shape index (κ1) is 15.2. The maximum atomic E-state index is 4.86. The third-order valence-electron chi connectivity index (χ3n) is 4.37. The van der Waals surface area contributed by atoms with Crippen molar-refractivity contribution in [1.82, 2.24) is 9.55 Å². The number of rotatable bonds is 1. The normalized spacial score (nSPS) is 12.9. The largest absolute Gasteiger partial charge is 0.334 e. The van der Waals surface area contributed by atoms with E-state index in [1.807, 2.05) is 36.4 Å². The van der Waals surface area contributed by atoms with Crippen LogP contribution in [0.2, 0.25) is 0 Å². The second-order valence-corrected chi connectivity index (χ2v) is 7.17. The Labute approximate surface area is 155 Å². The molecule has 2 heterocycles. The predicted molar refractivity (Wildman–Crippen MR) is 109 cm³/mol. The lowest BCUT2D eigenvalue weighted by atomic mass is 10.2. The van der Waals surface area contributed by atoms with Gasteiger partial charge in [0.25, 0.3) is 0 Å². The molecule has 0 aliphatic carbocycles. The summed E-state index contributed by atoms with van der Waals surface area (Å²) in [4.78, 5) is 9.68. The first-order valence-electron chi connectivity index (χ1n) is 8.45. The van der Waals surface area contributed by atoms with Crippen LogP contribution in [0.15, 0.2) is 82.9 Å². The molecule has 1 aliphatic heterocycles. The van der Waals surface area contributed by atoms with Gasteiger partial charge in [-0.2, -0.15) is 0 Å². The minimum atomic E-state index is 0.815. The van der Waals surface area contributed by atoms with E-state index < -0.39 is 0 Å². The molecule has 0 fully saturated rings. The molecule has 1 N–H and O–H groups in total. The second kappa shape index (κ2) is 6.04. The van der Waals surface area contributed by atoms with Crippen molar-refractivity contribution in [2.45, 2.75) is 12.1 Å². The van der Waals surface area contributed by atoms with Crippen molar-refractivity contribution in [2.24, 2.45) is 4.99 Å². The van der Waals surface area contributed by atoms with Gasteiger partial charge in [0.2, 0.25) is 0 Å². The minimum Gasteiger partial charge on any atom is -0.334 e. The SMILES string of the molecule is Cc1ccc(NC2=Nc3ccccc3-n3c(nc4ccccc43)S2)cc1. The molecule has 0 radical (unpaired) electrons. The summed E-state index contributed by atoms with van der Waals surface area (Å²) in [5.74, 6) is 0. The Morgan fingerprint density at radius 3 is 2.54 bits per heavy atom. The highest BCUT2D eigenvalue weighted by Gasteiger charge is 2.21. The first-order chi connectivity index (χ1) is 12.8. The van der Waals surface area contributed by atoms with Crippen LogP contribution in [0.3, 0.4) is 0 Å². The summed E-state index contributed by atoms with van der Waals surface area (Å²) in [7, 11) is 0. The molecular formula is C21H16N4S. The standard InChI is InChI=1S/C21H16N4S/c1-14-10-12-15(13-11-14)22-20-23-16-6-2-4-8-18(16)25-19-9-5-3-7-17(19)24-21(25)26-20/h2-13H,1H3,(H,22,23). The fraction of sp³-hybridized carbons (Fsp3) is 0.0476. The monoisotopic (exact) mass is 356 g/mol. The van der Waals surface area contributed by atoms with Crippen molar-refractivity contribution < 1.29 is 0 Å². The third kappa shape index (κ3) is 2.57. The lowest BCUT2D eigenvalue weighted by Gasteiger charge is -2.07. The van der Waals surface area contributed by atoms with Crippen LogP contribution in [0.1, 0.15) is 5.56 Å². The topological polar surface area (TPSA) is 42.2 Å². The molecule has 5 heteroatoms. The van der Waals surface area contributed by atoms with Crippen LogP contribution in [0.4, 0.5) is 11.4 Å². The van der Waals surface area contributed by atoms with Gasteiger partial charge in [0.1, 0.15) is 0 Å². The van der Waals surface area contributed by atoms with Gasteiger partial charge in [0.05, 0.1) is 22.4 Å². The lowest BCUT2D eigenvalue weighted by Crippen LogP contribution is -2.07. The summed E-state index contributed by atoms with van der Waals surface area (Å²) in [5, 5.41) is 5.16. The molecule has 0 bridgehead atoms. The van der Waals surface area contributed by atoms with E-state index in [4.69, 9.17) is 9.98 Å². The molecule has 0 atom stereocenters. The summed E-state index contributed by atoms with van der Waals surface area (Å²) in [6.45, 7) is 2.08. The number of aryl methyl sites for hydroxylation is 1. The number of nitrogens with one attached hydrogen (secondary N) is 1. The van der Waals surface area contributed by atoms with Crippen LogP contribution >= 0.6 is 11.8 Å². The van der Waals surface area contributed by atoms with Gasteiger partial charge in [-0.3, -0.25) is 4.57 Å². The van der Waals surface area contributed by atoms with E-state index >= 15 is 0 Å². The Morgan fingerprint density at radius 1 is 0.885 bits per heavy atom. The summed E-state index contributed by atoms with van der Waals surface area (Å²) >= 11 is 1.55. The van der Waals surface area contributed by atoms with Gasteiger partial charge in [-0.25, -0.2) is 9.98 Å². The van der Waals surface area contributed by atoms with E-state index in [-0.39, 0.29) is 0 Å². The van der Waals surface area contributed by atoms with Gasteiger partial charge in [0.15, 0.2) is 10.3 Å². The smallest absolute Gasteiger partial charge is 0.181 e. The van der Waals surface area contributed by atoms with Crippen LogP contribution in [0.25, 0.3) is 16.7 Å². The number of aliphatic imine (C=N–C) groups is 1. The Hall–Kier alpha value is -3.05. The number of imidazole rings is 1. The highest BCUT2D eigenvalue weighted by molar-refractivity contribution is 8.14. The van der Waals surface area contributed by atoms with E-state index in [0.717, 1.165) is 38.4 Å². The van der Waals surface area contributed by atoms with Gasteiger partial charge in [-0.1, -0.05) is 42.0 Å². The number of amidine groups is 1. The number of nitrogens with zero attached hydrogens (tertiary/aromatic N) is 3. The van der Waals surface area contributed by atoms with E-state index in [2.05, 4.69) is 53.2 Å². The number of thioether (sulfide) groups is 1. The molecule has 0 unspecified atom stereocenters. The molecule has 3 aromatic carbocycles. The Morgan fingerprint density at radius 2 is 1.65 bits per heavy atom. The summed E-state index contributed by atoms with van der Waals surface area (Å²) in [6.07, 6.45) is 0. The maximum Gasteiger partial charge on any atom is 0.181 e. The number of hydrogen-bond acceptors (Lipinski definition) is 4. The van der Waals surface area contributed by atoms with E-state index in [0.29, 0.717) is 0 Å². The van der Waals surface area contributed by atoms with E-state index in [1.165, 1.54) is 5.56 Å². The first-order valence-corrected chi connectivity index (χ1v) is 9.27. The number of para-hydroxylation sites is 4. The maximum absolute atomic E-state index is 4.86. The van der Waals surface area contributed by atoms with Crippen LogP contribution in [0.5, 0.6) is 0 Å². The van der Waals surface area contributed by atoms with Crippen LogP contribution in [0, 0.1) is 6.92 Å². The molecule has 0 amide bonds. The molecule has 1 aromatic heterocycles. The fourth-order valence-electron chi connectivity index (χ4n) is 3.09. The molecule has 0 spiro atoms. The quantitative estimate of drug-likeness (QED) is 0.487. The Balaban J connectivity index is 1.66. The van der Waals surface area contributed by atoms with Gasteiger partial charge in [-0.15, -0.1) is 0 Å². The van der Waals surface area contributed by atoms with Crippen molar-refractivity contribution in [3.8, 4) is 5.69 Å². The van der Waals surface area contributed by atoms with E-state index in [1.54, 1.807) is 11.8 Å².